The van der Waals surface area contributed by atoms with E-state index in [2.05, 4.69) is 32.4 Å². The molecule has 3 aliphatic carbocycles. The molecule has 180 valence electrons. The van der Waals surface area contributed by atoms with Gasteiger partial charge >= 0.3 is 0 Å². The van der Waals surface area contributed by atoms with Crippen LogP contribution in [-0.4, -0.2) is 38.0 Å². The van der Waals surface area contributed by atoms with E-state index in [9.17, 15) is 14.7 Å². The number of aldehydes is 2. The molecular weight excluding hydrogens is 388 g/mol. The molecular formula is C27H48O4. The number of aliphatic hydroxyl groups excluding tert-OH is 1. The van der Waals surface area contributed by atoms with E-state index in [1.165, 1.54) is 25.7 Å². The molecule has 0 heterocycles. The lowest BCUT2D eigenvalue weighted by molar-refractivity contribution is -0.117. The lowest BCUT2D eigenvalue weighted by atomic mass is 9.48. The van der Waals surface area contributed by atoms with Crippen LogP contribution in [0.25, 0.3) is 0 Å². The third-order valence-corrected chi connectivity index (χ3v) is 9.91. The van der Waals surface area contributed by atoms with E-state index in [1.807, 2.05) is 0 Å². The molecule has 0 aromatic heterocycles. The summed E-state index contributed by atoms with van der Waals surface area (Å²) >= 11 is 0. The molecule has 1 N–H and O–H groups in total. The minimum absolute atomic E-state index is 0.183. The summed E-state index contributed by atoms with van der Waals surface area (Å²) in [5, 5.41) is 10.2. The molecule has 4 nitrogen and oxygen atoms in total. The lowest BCUT2D eigenvalue weighted by Crippen LogP contribution is -2.50. The van der Waals surface area contributed by atoms with Gasteiger partial charge in [0.15, 0.2) is 0 Å². The van der Waals surface area contributed by atoms with Crippen LogP contribution in [0.2, 0.25) is 0 Å². The molecule has 0 aliphatic heterocycles. The number of ether oxygens (including phenoxy) is 1. The summed E-state index contributed by atoms with van der Waals surface area (Å²) in [5.74, 6) is 3.80. The second-order valence-corrected chi connectivity index (χ2v) is 11.5. The fourth-order valence-corrected chi connectivity index (χ4v) is 8.30. The largest absolute Gasteiger partial charge is 0.393 e. The van der Waals surface area contributed by atoms with Crippen molar-refractivity contribution in [3.05, 3.63) is 0 Å². The van der Waals surface area contributed by atoms with Crippen molar-refractivity contribution in [2.45, 2.75) is 98.0 Å². The van der Waals surface area contributed by atoms with Gasteiger partial charge in [-0.05, 0) is 97.7 Å². The number of methoxy groups -OCH3 is 1. The quantitative estimate of drug-likeness (QED) is 0.520. The van der Waals surface area contributed by atoms with Crippen molar-refractivity contribution in [3.8, 4) is 0 Å². The first-order valence-electron chi connectivity index (χ1n) is 12.6. The molecule has 0 saturated heterocycles. The molecule has 9 atom stereocenters. The van der Waals surface area contributed by atoms with E-state index in [0.29, 0.717) is 41.9 Å². The Morgan fingerprint density at radius 3 is 2.23 bits per heavy atom. The van der Waals surface area contributed by atoms with Gasteiger partial charge in [0.05, 0.1) is 6.10 Å². The van der Waals surface area contributed by atoms with Gasteiger partial charge in [-0.15, -0.1) is 0 Å². The molecule has 0 amide bonds. The first kappa shape index (κ1) is 26.5. The van der Waals surface area contributed by atoms with Gasteiger partial charge in [0.1, 0.15) is 12.6 Å². The summed E-state index contributed by atoms with van der Waals surface area (Å²) in [5.41, 5.74) is 0.588. The maximum absolute atomic E-state index is 11.4. The minimum Gasteiger partial charge on any atom is -0.393 e. The Kier molecular flexibility index (Phi) is 9.76. The molecule has 0 spiro atoms. The van der Waals surface area contributed by atoms with Crippen LogP contribution in [-0.2, 0) is 14.3 Å². The van der Waals surface area contributed by atoms with Crippen molar-refractivity contribution >= 4 is 12.6 Å². The van der Waals surface area contributed by atoms with Crippen LogP contribution in [0.4, 0.5) is 0 Å². The van der Waals surface area contributed by atoms with Crippen molar-refractivity contribution in [2.75, 3.05) is 14.2 Å². The standard InChI is InChI=1S/C25H42O3.C2H6O/c1-17(6-5-14-26)21-7-8-22-18(2)23(10-13-25(21,22)4)24(3)12-9-20(28)16-19(24)11-15-27;1-3-2/h14-15,17-23,28H,5-13,16H2,1-4H3;1-2H3/t17-,18?,19?,20-,21-,22?,23?,24?,25?;/m1./s1. The summed E-state index contributed by atoms with van der Waals surface area (Å²) in [6.07, 6.45) is 12.2. The molecule has 3 saturated carbocycles. The SMILES string of the molecule is CC1C(C2(C)CC[C@@H](O)CC2CC=O)CCC2(C)C1CC[C@@H]2[C@H](C)CCC=O.COC. The van der Waals surface area contributed by atoms with Crippen LogP contribution in [0.1, 0.15) is 91.9 Å². The first-order valence-corrected chi connectivity index (χ1v) is 12.6. The first-order chi connectivity index (χ1) is 14.7. The maximum Gasteiger partial charge on any atom is 0.120 e. The molecule has 6 unspecified atom stereocenters. The highest BCUT2D eigenvalue weighted by molar-refractivity contribution is 5.50. The summed E-state index contributed by atoms with van der Waals surface area (Å²) < 4.78 is 4.25. The topological polar surface area (TPSA) is 63.6 Å². The van der Waals surface area contributed by atoms with Crippen LogP contribution in [0.15, 0.2) is 0 Å². The smallest absolute Gasteiger partial charge is 0.120 e. The Morgan fingerprint density at radius 2 is 1.61 bits per heavy atom. The zero-order chi connectivity index (χ0) is 23.2. The normalized spacial score (nSPS) is 43.3. The van der Waals surface area contributed by atoms with Gasteiger partial charge < -0.3 is 19.4 Å². The van der Waals surface area contributed by atoms with Crippen LogP contribution in [0.3, 0.4) is 0 Å². The van der Waals surface area contributed by atoms with Gasteiger partial charge in [0.25, 0.3) is 0 Å². The highest BCUT2D eigenvalue weighted by Crippen LogP contribution is 2.65. The summed E-state index contributed by atoms with van der Waals surface area (Å²) in [6, 6.07) is 0. The molecule has 3 aliphatic rings. The molecule has 0 aromatic carbocycles. The van der Waals surface area contributed by atoms with Crippen LogP contribution in [0.5, 0.6) is 0 Å². The van der Waals surface area contributed by atoms with Crippen molar-refractivity contribution < 1.29 is 19.4 Å². The predicted molar refractivity (Wildman–Crippen MR) is 126 cm³/mol. The minimum atomic E-state index is -0.225. The van der Waals surface area contributed by atoms with E-state index in [-0.39, 0.29) is 11.5 Å². The van der Waals surface area contributed by atoms with E-state index >= 15 is 0 Å². The average Bonchev–Trinajstić information content (AvgIpc) is 3.08. The lowest BCUT2D eigenvalue weighted by Gasteiger charge is -2.57. The van der Waals surface area contributed by atoms with E-state index in [4.69, 9.17) is 0 Å². The van der Waals surface area contributed by atoms with E-state index in [0.717, 1.165) is 50.1 Å². The Bertz CT molecular complexity index is 578. The third-order valence-electron chi connectivity index (χ3n) is 9.91. The van der Waals surface area contributed by atoms with Crippen molar-refractivity contribution in [1.29, 1.82) is 0 Å². The van der Waals surface area contributed by atoms with Crippen molar-refractivity contribution in [3.63, 3.8) is 0 Å². The Morgan fingerprint density at radius 1 is 1.00 bits per heavy atom. The van der Waals surface area contributed by atoms with Crippen molar-refractivity contribution in [2.24, 2.45) is 46.3 Å². The molecule has 3 fully saturated rings. The highest BCUT2D eigenvalue weighted by Gasteiger charge is 2.57. The number of hydrogen-bond donors (Lipinski definition) is 1. The summed E-state index contributed by atoms with van der Waals surface area (Å²) in [7, 11) is 3.25. The highest BCUT2D eigenvalue weighted by atomic mass is 16.4. The number of hydrogen-bond acceptors (Lipinski definition) is 4. The van der Waals surface area contributed by atoms with Crippen LogP contribution < -0.4 is 0 Å². The van der Waals surface area contributed by atoms with Crippen LogP contribution in [0, 0.1) is 46.3 Å². The molecule has 0 bridgehead atoms. The second-order valence-electron chi connectivity index (χ2n) is 11.5. The fourth-order valence-electron chi connectivity index (χ4n) is 8.30. The molecule has 4 heteroatoms. The van der Waals surface area contributed by atoms with Gasteiger partial charge in [-0.1, -0.05) is 27.7 Å². The Hall–Kier alpha value is -0.740. The summed E-state index contributed by atoms with van der Waals surface area (Å²) in [6.45, 7) is 9.81. The monoisotopic (exact) mass is 436 g/mol. The van der Waals surface area contributed by atoms with E-state index in [1.54, 1.807) is 14.2 Å². The van der Waals surface area contributed by atoms with Gasteiger partial charge in [0, 0.05) is 27.1 Å². The number of carbonyl (C=O) groups excluding carboxylic acids is 2. The Labute approximate surface area is 190 Å². The maximum atomic E-state index is 11.4. The Balaban J connectivity index is 0.00000107. The van der Waals surface area contributed by atoms with Crippen LogP contribution >= 0.6 is 0 Å². The number of fused-ring (bicyclic) bond motifs is 1. The molecule has 0 radical (unpaired) electrons. The predicted octanol–water partition coefficient (Wildman–Crippen LogP) is 5.70. The molecule has 0 aromatic rings. The van der Waals surface area contributed by atoms with Gasteiger partial charge in [0.2, 0.25) is 0 Å². The fraction of sp³-hybridized carbons (Fsp3) is 0.926. The average molecular weight is 437 g/mol. The molecule has 3 rings (SSSR count). The number of rotatable bonds is 7. The zero-order valence-electron chi connectivity index (χ0n) is 20.9. The third kappa shape index (κ3) is 5.43. The number of aliphatic hydroxyl groups is 1. The van der Waals surface area contributed by atoms with Gasteiger partial charge in [-0.25, -0.2) is 0 Å². The molecule has 31 heavy (non-hydrogen) atoms. The second kappa shape index (κ2) is 11.4. The van der Waals surface area contributed by atoms with Gasteiger partial charge in [-0.3, -0.25) is 0 Å². The number of carbonyl (C=O) groups is 2. The van der Waals surface area contributed by atoms with Crippen molar-refractivity contribution in [1.82, 2.24) is 0 Å². The zero-order valence-corrected chi connectivity index (χ0v) is 20.9. The van der Waals surface area contributed by atoms with Gasteiger partial charge in [-0.2, -0.15) is 0 Å². The summed E-state index contributed by atoms with van der Waals surface area (Å²) in [4.78, 5) is 22.2. The van der Waals surface area contributed by atoms with E-state index < -0.39 is 0 Å².